The number of nitrogens with zero attached hydrogens (tertiary/aromatic N) is 2. The van der Waals surface area contributed by atoms with Gasteiger partial charge in [-0.2, -0.15) is 0 Å². The van der Waals surface area contributed by atoms with Crippen LogP contribution >= 0.6 is 0 Å². The Morgan fingerprint density at radius 1 is 1.00 bits per heavy atom. The Bertz CT molecular complexity index is 907. The van der Waals surface area contributed by atoms with Crippen LogP contribution in [0.4, 0.5) is 5.95 Å². The van der Waals surface area contributed by atoms with E-state index in [-0.39, 0.29) is 11.3 Å². The van der Waals surface area contributed by atoms with Gasteiger partial charge in [0.15, 0.2) is 5.69 Å². The Morgan fingerprint density at radius 2 is 1.76 bits per heavy atom. The molecule has 0 amide bonds. The summed E-state index contributed by atoms with van der Waals surface area (Å²) in [5, 5.41) is 11.1. The molecule has 128 valence electrons. The van der Waals surface area contributed by atoms with Gasteiger partial charge in [-0.3, -0.25) is 9.78 Å². The fourth-order valence-corrected chi connectivity index (χ4v) is 2.38. The predicted molar refractivity (Wildman–Crippen MR) is 95.0 cm³/mol. The number of rotatable bonds is 6. The third-order valence-electron chi connectivity index (χ3n) is 3.70. The second-order valence-electron chi connectivity index (χ2n) is 5.25. The zero-order valence-corrected chi connectivity index (χ0v) is 13.9. The Kier molecular flexibility index (Phi) is 4.94. The minimum Gasteiger partial charge on any atom is -0.497 e. The van der Waals surface area contributed by atoms with Crippen molar-refractivity contribution >= 4 is 5.95 Å². The highest BCUT2D eigenvalue weighted by Gasteiger charge is 2.08. The number of hydrogen-bond donors (Lipinski definition) is 2. The van der Waals surface area contributed by atoms with Crippen molar-refractivity contribution in [3.63, 3.8) is 0 Å². The summed E-state index contributed by atoms with van der Waals surface area (Å²) >= 11 is 0. The largest absolute Gasteiger partial charge is 0.497 e. The lowest BCUT2D eigenvalue weighted by Gasteiger charge is -2.09. The van der Waals surface area contributed by atoms with E-state index < -0.39 is 0 Å². The molecule has 2 N–H and O–H groups in total. The number of aromatic nitrogens is 3. The summed E-state index contributed by atoms with van der Waals surface area (Å²) < 4.78 is 10.4. The van der Waals surface area contributed by atoms with Gasteiger partial charge in [0.1, 0.15) is 11.5 Å². The smallest absolute Gasteiger partial charge is 0.279 e. The van der Waals surface area contributed by atoms with Gasteiger partial charge in [0.2, 0.25) is 5.95 Å². The van der Waals surface area contributed by atoms with Crippen molar-refractivity contribution in [3.05, 3.63) is 64.4 Å². The van der Waals surface area contributed by atoms with E-state index in [0.29, 0.717) is 23.8 Å². The van der Waals surface area contributed by atoms with Crippen molar-refractivity contribution in [1.82, 2.24) is 15.2 Å². The van der Waals surface area contributed by atoms with E-state index in [2.05, 4.69) is 20.5 Å². The number of ether oxygens (including phenoxy) is 2. The van der Waals surface area contributed by atoms with Crippen LogP contribution in [-0.4, -0.2) is 29.4 Å². The van der Waals surface area contributed by atoms with E-state index in [9.17, 15) is 4.79 Å². The maximum atomic E-state index is 12.3. The van der Waals surface area contributed by atoms with E-state index in [1.165, 1.54) is 0 Å². The first-order valence-electron chi connectivity index (χ1n) is 7.68. The molecule has 1 heterocycles. The Balaban J connectivity index is 1.76. The highest BCUT2D eigenvalue weighted by Crippen LogP contribution is 2.19. The topological polar surface area (TPSA) is 89.1 Å². The Hall–Kier alpha value is -3.35. The molecule has 0 radical (unpaired) electrons. The van der Waals surface area contributed by atoms with Gasteiger partial charge in [0, 0.05) is 17.7 Å². The molecule has 0 aliphatic carbocycles. The lowest BCUT2D eigenvalue weighted by Crippen LogP contribution is -2.17. The number of benzene rings is 2. The number of para-hydroxylation sites is 1. The van der Waals surface area contributed by atoms with Crippen molar-refractivity contribution in [2.45, 2.75) is 6.54 Å². The first kappa shape index (κ1) is 16.5. The molecule has 0 fully saturated rings. The van der Waals surface area contributed by atoms with Gasteiger partial charge in [0.25, 0.3) is 5.56 Å². The summed E-state index contributed by atoms with van der Waals surface area (Å²) in [5.41, 5.74) is 1.56. The molecule has 3 rings (SSSR count). The molecule has 0 aliphatic heterocycles. The fraction of sp³-hybridized carbons (Fsp3) is 0.167. The first-order valence-corrected chi connectivity index (χ1v) is 7.68. The lowest BCUT2D eigenvalue weighted by molar-refractivity contribution is 0.410. The molecule has 0 saturated carbocycles. The number of hydrogen-bond acceptors (Lipinski definition) is 6. The summed E-state index contributed by atoms with van der Waals surface area (Å²) in [6.07, 6.45) is 0. The number of anilines is 1. The van der Waals surface area contributed by atoms with Crippen LogP contribution in [0, 0.1) is 0 Å². The minimum absolute atomic E-state index is 0.255. The predicted octanol–water partition coefficient (Wildman–Crippen LogP) is 2.46. The van der Waals surface area contributed by atoms with Gasteiger partial charge in [-0.25, -0.2) is 0 Å². The highest BCUT2D eigenvalue weighted by atomic mass is 16.5. The van der Waals surface area contributed by atoms with Crippen LogP contribution in [0.1, 0.15) is 5.56 Å². The number of H-pyrrole nitrogens is 1. The van der Waals surface area contributed by atoms with Gasteiger partial charge in [-0.15, -0.1) is 10.2 Å². The second kappa shape index (κ2) is 7.48. The monoisotopic (exact) mass is 338 g/mol. The SMILES string of the molecule is COc1ccc(-c2nnc(NCc3ccccc3OC)[nH]c2=O)cc1. The maximum Gasteiger partial charge on any atom is 0.279 e. The van der Waals surface area contributed by atoms with Crippen molar-refractivity contribution in [2.75, 3.05) is 19.5 Å². The van der Waals surface area contributed by atoms with Gasteiger partial charge in [0.05, 0.1) is 14.2 Å². The summed E-state index contributed by atoms with van der Waals surface area (Å²) in [6.45, 7) is 0.455. The maximum absolute atomic E-state index is 12.3. The Morgan fingerprint density at radius 3 is 2.44 bits per heavy atom. The van der Waals surface area contributed by atoms with Gasteiger partial charge in [-0.1, -0.05) is 18.2 Å². The average molecular weight is 338 g/mol. The normalized spacial score (nSPS) is 10.3. The van der Waals surface area contributed by atoms with E-state index in [0.717, 1.165) is 11.3 Å². The van der Waals surface area contributed by atoms with Crippen molar-refractivity contribution in [2.24, 2.45) is 0 Å². The molecular formula is C18H18N4O3. The molecular weight excluding hydrogens is 320 g/mol. The summed E-state index contributed by atoms with van der Waals surface area (Å²) in [4.78, 5) is 15.0. The molecule has 0 atom stereocenters. The molecule has 0 unspecified atom stereocenters. The number of methoxy groups -OCH3 is 2. The average Bonchev–Trinajstić information content (AvgIpc) is 2.67. The van der Waals surface area contributed by atoms with Crippen LogP contribution in [-0.2, 0) is 6.54 Å². The molecule has 7 nitrogen and oxygen atoms in total. The standard InChI is InChI=1S/C18H18N4O3/c1-24-14-9-7-12(8-10-14)16-17(23)20-18(22-21-16)19-11-13-5-3-4-6-15(13)25-2/h3-10H,11H2,1-2H3,(H2,19,20,22,23). The number of aromatic amines is 1. The molecule has 25 heavy (non-hydrogen) atoms. The van der Waals surface area contributed by atoms with Crippen molar-refractivity contribution in [1.29, 1.82) is 0 Å². The molecule has 0 bridgehead atoms. The molecule has 7 heteroatoms. The number of nitrogens with one attached hydrogen (secondary N) is 2. The molecule has 1 aromatic heterocycles. The Labute approximate surface area is 144 Å². The zero-order valence-electron chi connectivity index (χ0n) is 13.9. The molecule has 2 aromatic carbocycles. The molecule has 3 aromatic rings. The fourth-order valence-electron chi connectivity index (χ4n) is 2.38. The summed E-state index contributed by atoms with van der Waals surface area (Å²) in [7, 11) is 3.20. The van der Waals surface area contributed by atoms with Crippen LogP contribution in [0.2, 0.25) is 0 Å². The minimum atomic E-state index is -0.317. The lowest BCUT2D eigenvalue weighted by atomic mass is 10.1. The van der Waals surface area contributed by atoms with E-state index in [4.69, 9.17) is 9.47 Å². The third-order valence-corrected chi connectivity index (χ3v) is 3.70. The van der Waals surface area contributed by atoms with Crippen LogP contribution in [0.5, 0.6) is 11.5 Å². The van der Waals surface area contributed by atoms with E-state index in [1.54, 1.807) is 38.5 Å². The van der Waals surface area contributed by atoms with Crippen molar-refractivity contribution < 1.29 is 9.47 Å². The second-order valence-corrected chi connectivity index (χ2v) is 5.25. The first-order chi connectivity index (χ1) is 12.2. The summed E-state index contributed by atoms with van der Waals surface area (Å²) in [5.74, 6) is 1.77. The van der Waals surface area contributed by atoms with Gasteiger partial charge >= 0.3 is 0 Å². The van der Waals surface area contributed by atoms with Crippen LogP contribution in [0.15, 0.2) is 53.3 Å². The molecule has 0 saturated heterocycles. The van der Waals surface area contributed by atoms with E-state index in [1.807, 2.05) is 24.3 Å². The summed E-state index contributed by atoms with van der Waals surface area (Å²) in [6, 6.07) is 14.7. The quantitative estimate of drug-likeness (QED) is 0.718. The van der Waals surface area contributed by atoms with Gasteiger partial charge < -0.3 is 14.8 Å². The van der Waals surface area contributed by atoms with Gasteiger partial charge in [-0.05, 0) is 30.3 Å². The van der Waals surface area contributed by atoms with Crippen LogP contribution in [0.3, 0.4) is 0 Å². The van der Waals surface area contributed by atoms with Crippen LogP contribution in [0.25, 0.3) is 11.3 Å². The van der Waals surface area contributed by atoms with Crippen molar-refractivity contribution in [3.8, 4) is 22.8 Å². The zero-order chi connectivity index (χ0) is 17.6. The molecule has 0 aliphatic rings. The van der Waals surface area contributed by atoms with E-state index >= 15 is 0 Å². The third kappa shape index (κ3) is 3.77. The highest BCUT2D eigenvalue weighted by molar-refractivity contribution is 5.58. The van der Waals surface area contributed by atoms with Crippen LogP contribution < -0.4 is 20.3 Å². The molecule has 0 spiro atoms.